The molecule has 18 heavy (non-hydrogen) atoms. The van der Waals surface area contributed by atoms with Gasteiger partial charge in [-0.1, -0.05) is 26.8 Å². The van der Waals surface area contributed by atoms with Crippen LogP contribution in [0.2, 0.25) is 0 Å². The van der Waals surface area contributed by atoms with Crippen molar-refractivity contribution in [2.75, 3.05) is 0 Å². The first-order chi connectivity index (χ1) is 8.40. The summed E-state index contributed by atoms with van der Waals surface area (Å²) in [5, 5.41) is 0. The van der Waals surface area contributed by atoms with Gasteiger partial charge in [-0.2, -0.15) is 0 Å². The maximum Gasteiger partial charge on any atom is 0.159 e. The molecule has 2 atom stereocenters. The third-order valence-electron chi connectivity index (χ3n) is 4.82. The van der Waals surface area contributed by atoms with Crippen molar-refractivity contribution in [2.45, 2.75) is 59.3 Å². The van der Waals surface area contributed by atoms with E-state index in [1.54, 1.807) is 0 Å². The number of Topliss-reactive ketones (excluding diaryl/α,β-unsaturated/α-hetero) is 2. The summed E-state index contributed by atoms with van der Waals surface area (Å²) in [6.45, 7) is 6.42. The van der Waals surface area contributed by atoms with Crippen LogP contribution in [0.25, 0.3) is 0 Å². The molecule has 0 saturated carbocycles. The molecule has 0 spiro atoms. The van der Waals surface area contributed by atoms with Gasteiger partial charge in [0.15, 0.2) is 5.78 Å². The fourth-order valence-electron chi connectivity index (χ4n) is 3.09. The lowest BCUT2D eigenvalue weighted by Crippen LogP contribution is -2.24. The minimum atomic E-state index is 0.0666. The molecule has 2 aliphatic carbocycles. The number of allylic oxidation sites excluding steroid dienone is 2. The Morgan fingerprint density at radius 1 is 1.22 bits per heavy atom. The summed E-state index contributed by atoms with van der Waals surface area (Å²) in [6, 6.07) is 0. The summed E-state index contributed by atoms with van der Waals surface area (Å²) in [5.41, 5.74) is 1.09. The molecule has 0 aliphatic heterocycles. The van der Waals surface area contributed by atoms with Gasteiger partial charge in [0.05, 0.1) is 0 Å². The minimum Gasteiger partial charge on any atom is -0.299 e. The van der Waals surface area contributed by atoms with Crippen LogP contribution in [-0.2, 0) is 9.59 Å². The Morgan fingerprint density at radius 2 is 1.94 bits per heavy atom. The van der Waals surface area contributed by atoms with Crippen LogP contribution in [0.3, 0.4) is 0 Å². The van der Waals surface area contributed by atoms with E-state index >= 15 is 0 Å². The highest BCUT2D eigenvalue weighted by molar-refractivity contribution is 5.98. The smallest absolute Gasteiger partial charge is 0.159 e. The molecule has 0 heterocycles. The first kappa shape index (κ1) is 13.5. The van der Waals surface area contributed by atoms with Crippen LogP contribution in [0, 0.1) is 17.3 Å². The first-order valence-corrected chi connectivity index (χ1v) is 7.17. The molecule has 2 aliphatic rings. The zero-order valence-electron chi connectivity index (χ0n) is 11.8. The molecule has 0 aromatic carbocycles. The van der Waals surface area contributed by atoms with Gasteiger partial charge in [-0.05, 0) is 42.6 Å². The number of rotatable bonds is 0. The third kappa shape index (κ3) is 2.73. The topological polar surface area (TPSA) is 34.1 Å². The summed E-state index contributed by atoms with van der Waals surface area (Å²) < 4.78 is 0. The Labute approximate surface area is 110 Å². The maximum atomic E-state index is 12.0. The molecular formula is C16H24O2. The zero-order chi connectivity index (χ0) is 13.3. The van der Waals surface area contributed by atoms with Crippen LogP contribution < -0.4 is 0 Å². The third-order valence-corrected chi connectivity index (χ3v) is 4.82. The van der Waals surface area contributed by atoms with Crippen LogP contribution in [0.15, 0.2) is 11.6 Å². The van der Waals surface area contributed by atoms with Gasteiger partial charge in [-0.3, -0.25) is 9.59 Å². The SMILES string of the molecule is C[C@@H]1CCCC2=C[C@H](CC2=O)C(C)(C)CCC1=O. The molecule has 0 fully saturated rings. The highest BCUT2D eigenvalue weighted by Gasteiger charge is 2.36. The largest absolute Gasteiger partial charge is 0.299 e. The average molecular weight is 248 g/mol. The predicted octanol–water partition coefficient (Wildman–Crippen LogP) is 3.70. The van der Waals surface area contributed by atoms with E-state index < -0.39 is 0 Å². The summed E-state index contributed by atoms with van der Waals surface area (Å²) in [5.74, 6) is 1.24. The van der Waals surface area contributed by atoms with Crippen LogP contribution in [0.4, 0.5) is 0 Å². The molecule has 0 radical (unpaired) electrons. The normalized spacial score (nSPS) is 32.9. The maximum absolute atomic E-state index is 12.0. The van der Waals surface area contributed by atoms with E-state index in [1.807, 2.05) is 6.92 Å². The molecule has 2 bridgehead atoms. The highest BCUT2D eigenvalue weighted by Crippen LogP contribution is 2.41. The molecule has 0 aromatic rings. The van der Waals surface area contributed by atoms with Crippen molar-refractivity contribution in [1.82, 2.24) is 0 Å². The lowest BCUT2D eigenvalue weighted by molar-refractivity contribution is -0.123. The van der Waals surface area contributed by atoms with Gasteiger partial charge in [0.2, 0.25) is 0 Å². The average Bonchev–Trinajstić information content (AvgIpc) is 2.67. The second kappa shape index (κ2) is 4.99. The first-order valence-electron chi connectivity index (χ1n) is 7.17. The predicted molar refractivity (Wildman–Crippen MR) is 72.2 cm³/mol. The molecule has 0 N–H and O–H groups in total. The van der Waals surface area contributed by atoms with Gasteiger partial charge in [-0.25, -0.2) is 0 Å². The van der Waals surface area contributed by atoms with Gasteiger partial charge in [0, 0.05) is 18.8 Å². The summed E-state index contributed by atoms with van der Waals surface area (Å²) in [7, 11) is 0. The fourth-order valence-corrected chi connectivity index (χ4v) is 3.09. The standard InChI is InChI=1S/C16H24O2/c1-11-5-4-6-12-9-13(10-15(12)18)16(2,3)8-7-14(11)17/h9,11,13H,4-8,10H2,1-3H3/t11-,13-/m1/s1. The molecule has 2 nitrogen and oxygen atoms in total. The lowest BCUT2D eigenvalue weighted by atomic mass is 9.74. The number of carbonyl (C=O) groups is 2. The summed E-state index contributed by atoms with van der Waals surface area (Å²) in [4.78, 5) is 24.0. The molecule has 100 valence electrons. The summed E-state index contributed by atoms with van der Waals surface area (Å²) >= 11 is 0. The minimum absolute atomic E-state index is 0.0666. The quantitative estimate of drug-likeness (QED) is 0.655. The number of carbonyl (C=O) groups excluding carboxylic acids is 2. The van der Waals surface area contributed by atoms with E-state index in [-0.39, 0.29) is 11.3 Å². The molecule has 0 unspecified atom stereocenters. The van der Waals surface area contributed by atoms with E-state index in [1.165, 1.54) is 0 Å². The van der Waals surface area contributed by atoms with Crippen LogP contribution in [0.5, 0.6) is 0 Å². The Morgan fingerprint density at radius 3 is 2.67 bits per heavy atom. The van der Waals surface area contributed by atoms with Crippen molar-refractivity contribution in [3.05, 3.63) is 11.6 Å². The van der Waals surface area contributed by atoms with Crippen LogP contribution in [0.1, 0.15) is 59.3 Å². The number of fused-ring (bicyclic) bond motifs is 1. The van der Waals surface area contributed by atoms with Crippen molar-refractivity contribution in [3.63, 3.8) is 0 Å². The summed E-state index contributed by atoms with van der Waals surface area (Å²) in [6.07, 6.45) is 7.18. The lowest BCUT2D eigenvalue weighted by Gasteiger charge is -2.30. The Balaban J connectivity index is 2.19. The molecule has 2 heteroatoms. The van der Waals surface area contributed by atoms with E-state index in [2.05, 4.69) is 19.9 Å². The number of hydrogen-bond acceptors (Lipinski definition) is 2. The van der Waals surface area contributed by atoms with Crippen molar-refractivity contribution < 1.29 is 9.59 Å². The number of ketones is 2. The highest BCUT2D eigenvalue weighted by atomic mass is 16.1. The molecule has 0 saturated heterocycles. The van der Waals surface area contributed by atoms with Gasteiger partial charge < -0.3 is 0 Å². The molecule has 2 rings (SSSR count). The molecule has 0 aromatic heterocycles. The van der Waals surface area contributed by atoms with Gasteiger partial charge in [0.1, 0.15) is 5.78 Å². The second-order valence-corrected chi connectivity index (χ2v) is 6.67. The van der Waals surface area contributed by atoms with Crippen molar-refractivity contribution in [2.24, 2.45) is 17.3 Å². The Kier molecular flexibility index (Phi) is 3.74. The van der Waals surface area contributed by atoms with Crippen molar-refractivity contribution >= 4 is 11.6 Å². The number of hydrogen-bond donors (Lipinski definition) is 0. The second-order valence-electron chi connectivity index (χ2n) is 6.67. The Hall–Kier alpha value is -0.920. The van der Waals surface area contributed by atoms with Crippen LogP contribution in [-0.4, -0.2) is 11.6 Å². The Bertz CT molecular complexity index is 390. The zero-order valence-corrected chi connectivity index (χ0v) is 11.8. The van der Waals surface area contributed by atoms with E-state index in [0.29, 0.717) is 30.3 Å². The van der Waals surface area contributed by atoms with Gasteiger partial charge in [-0.15, -0.1) is 0 Å². The van der Waals surface area contributed by atoms with E-state index in [9.17, 15) is 9.59 Å². The monoisotopic (exact) mass is 248 g/mol. The van der Waals surface area contributed by atoms with E-state index in [4.69, 9.17) is 0 Å². The van der Waals surface area contributed by atoms with Gasteiger partial charge >= 0.3 is 0 Å². The van der Waals surface area contributed by atoms with Crippen molar-refractivity contribution in [3.8, 4) is 0 Å². The van der Waals surface area contributed by atoms with Crippen LogP contribution >= 0.6 is 0 Å². The van der Waals surface area contributed by atoms with E-state index in [0.717, 1.165) is 31.3 Å². The van der Waals surface area contributed by atoms with Crippen molar-refractivity contribution in [1.29, 1.82) is 0 Å². The fraction of sp³-hybridized carbons (Fsp3) is 0.750. The molecular weight excluding hydrogens is 224 g/mol. The van der Waals surface area contributed by atoms with Gasteiger partial charge in [0.25, 0.3) is 0 Å². The molecule has 0 amide bonds.